The molecular weight excluding hydrogens is 356 g/mol. The Kier molecular flexibility index (Phi) is 5.79. The molecule has 0 aliphatic rings. The lowest BCUT2D eigenvalue weighted by molar-refractivity contribution is 0.0494. The highest BCUT2D eigenvalue weighted by Crippen LogP contribution is 2.25. The first-order valence-electron chi connectivity index (χ1n) is 7.93. The molecule has 0 saturated carbocycles. The van der Waals surface area contributed by atoms with Gasteiger partial charge in [-0.25, -0.2) is 9.78 Å². The minimum Gasteiger partial charge on any atom is -0.461 e. The molecule has 0 atom stereocenters. The Morgan fingerprint density at radius 3 is 2.72 bits per heavy atom. The van der Waals surface area contributed by atoms with Gasteiger partial charge in [-0.3, -0.25) is 4.98 Å². The van der Waals surface area contributed by atoms with Gasteiger partial charge in [-0.05, 0) is 44.0 Å². The summed E-state index contributed by atoms with van der Waals surface area (Å²) in [7, 11) is 0. The van der Waals surface area contributed by atoms with E-state index < -0.39 is 5.97 Å². The normalized spacial score (nSPS) is 10.6. The van der Waals surface area contributed by atoms with Crippen molar-refractivity contribution in [1.29, 1.82) is 0 Å². The summed E-state index contributed by atoms with van der Waals surface area (Å²) in [5.41, 5.74) is 3.27. The molecule has 2 heterocycles. The average molecular weight is 373 g/mol. The number of aromatic nitrogens is 2. The highest BCUT2D eigenvalue weighted by molar-refractivity contribution is 7.13. The third kappa shape index (κ3) is 4.87. The standard InChI is InChI=1S/C19H17ClN2O2S/c1-13-4-2-5-16(21-13)6-3-11-24-19(23)17-12-25-18(22-17)14-7-9-15(20)10-8-14/h2,4-5,7-10,12H,3,6,11H2,1H3. The van der Waals surface area contributed by atoms with E-state index in [9.17, 15) is 4.79 Å². The zero-order valence-electron chi connectivity index (χ0n) is 13.7. The van der Waals surface area contributed by atoms with Crippen molar-refractivity contribution in [3.05, 3.63) is 69.9 Å². The maximum absolute atomic E-state index is 12.1. The van der Waals surface area contributed by atoms with Gasteiger partial charge in [0.1, 0.15) is 5.01 Å². The SMILES string of the molecule is Cc1cccc(CCCOC(=O)c2csc(-c3ccc(Cl)cc3)n2)n1. The second kappa shape index (κ2) is 8.23. The Morgan fingerprint density at radius 1 is 1.16 bits per heavy atom. The molecule has 0 fully saturated rings. The Hall–Kier alpha value is -2.24. The van der Waals surface area contributed by atoms with Gasteiger partial charge in [0.25, 0.3) is 0 Å². The van der Waals surface area contributed by atoms with Crippen LogP contribution in [0.15, 0.2) is 47.8 Å². The topological polar surface area (TPSA) is 52.1 Å². The van der Waals surface area contributed by atoms with E-state index in [2.05, 4.69) is 9.97 Å². The van der Waals surface area contributed by atoms with E-state index in [-0.39, 0.29) is 0 Å². The highest BCUT2D eigenvalue weighted by atomic mass is 35.5. The van der Waals surface area contributed by atoms with E-state index in [1.54, 1.807) is 17.5 Å². The largest absolute Gasteiger partial charge is 0.461 e. The summed E-state index contributed by atoms with van der Waals surface area (Å²) in [5, 5.41) is 3.16. The molecule has 0 bridgehead atoms. The molecule has 25 heavy (non-hydrogen) atoms. The fourth-order valence-corrected chi connectivity index (χ4v) is 3.24. The first-order chi connectivity index (χ1) is 12.1. The molecule has 0 aliphatic heterocycles. The van der Waals surface area contributed by atoms with Crippen LogP contribution in [0.3, 0.4) is 0 Å². The lowest BCUT2D eigenvalue weighted by Crippen LogP contribution is -2.08. The number of benzene rings is 1. The van der Waals surface area contributed by atoms with Crippen LogP contribution in [0.25, 0.3) is 10.6 Å². The van der Waals surface area contributed by atoms with Crippen LogP contribution in [0.5, 0.6) is 0 Å². The van der Waals surface area contributed by atoms with Crippen molar-refractivity contribution >= 4 is 28.9 Å². The summed E-state index contributed by atoms with van der Waals surface area (Å²) in [6.45, 7) is 2.31. The highest BCUT2D eigenvalue weighted by Gasteiger charge is 2.13. The molecule has 0 amide bonds. The van der Waals surface area contributed by atoms with Crippen LogP contribution in [0.2, 0.25) is 5.02 Å². The molecule has 0 saturated heterocycles. The zero-order chi connectivity index (χ0) is 17.6. The van der Waals surface area contributed by atoms with E-state index in [0.717, 1.165) is 34.8 Å². The number of carbonyl (C=O) groups is 1. The molecule has 1 aromatic carbocycles. The molecule has 128 valence electrons. The van der Waals surface area contributed by atoms with Crippen LogP contribution in [0, 0.1) is 6.92 Å². The molecule has 0 aliphatic carbocycles. The Bertz CT molecular complexity index is 862. The molecule has 6 heteroatoms. The van der Waals surface area contributed by atoms with Crippen molar-refractivity contribution in [2.45, 2.75) is 19.8 Å². The maximum atomic E-state index is 12.1. The lowest BCUT2D eigenvalue weighted by Gasteiger charge is -2.03. The third-order valence-electron chi connectivity index (χ3n) is 3.56. The van der Waals surface area contributed by atoms with E-state index in [1.807, 2.05) is 37.3 Å². The molecule has 0 unspecified atom stereocenters. The summed E-state index contributed by atoms with van der Waals surface area (Å²) in [6, 6.07) is 13.3. The van der Waals surface area contributed by atoms with Crippen molar-refractivity contribution < 1.29 is 9.53 Å². The van der Waals surface area contributed by atoms with Crippen LogP contribution in [0.1, 0.15) is 28.3 Å². The molecule has 0 N–H and O–H groups in total. The van der Waals surface area contributed by atoms with Gasteiger partial charge in [-0.15, -0.1) is 11.3 Å². The predicted molar refractivity (Wildman–Crippen MR) is 100 cm³/mol. The van der Waals surface area contributed by atoms with Crippen LogP contribution >= 0.6 is 22.9 Å². The summed E-state index contributed by atoms with van der Waals surface area (Å²) < 4.78 is 5.30. The molecule has 3 aromatic rings. The van der Waals surface area contributed by atoms with Gasteiger partial charge in [0, 0.05) is 27.4 Å². The zero-order valence-corrected chi connectivity index (χ0v) is 15.3. The van der Waals surface area contributed by atoms with Crippen LogP contribution in [-0.2, 0) is 11.2 Å². The van der Waals surface area contributed by atoms with E-state index in [1.165, 1.54) is 11.3 Å². The second-order valence-corrected chi connectivity index (χ2v) is 6.85. The molecular formula is C19H17ClN2O2S. The molecule has 4 nitrogen and oxygen atoms in total. The minimum atomic E-state index is -0.395. The Morgan fingerprint density at radius 2 is 1.96 bits per heavy atom. The first-order valence-corrected chi connectivity index (χ1v) is 9.19. The second-order valence-electron chi connectivity index (χ2n) is 5.55. The number of pyridine rings is 1. The van der Waals surface area contributed by atoms with Crippen molar-refractivity contribution in [3.8, 4) is 10.6 Å². The van der Waals surface area contributed by atoms with E-state index in [4.69, 9.17) is 16.3 Å². The molecule has 0 spiro atoms. The summed E-state index contributed by atoms with van der Waals surface area (Å²) >= 11 is 7.29. The van der Waals surface area contributed by atoms with Crippen molar-refractivity contribution in [3.63, 3.8) is 0 Å². The van der Waals surface area contributed by atoms with Crippen molar-refractivity contribution in [2.75, 3.05) is 6.61 Å². The van der Waals surface area contributed by atoms with Crippen LogP contribution < -0.4 is 0 Å². The number of ether oxygens (including phenoxy) is 1. The van der Waals surface area contributed by atoms with Gasteiger partial charge in [0.15, 0.2) is 5.69 Å². The van der Waals surface area contributed by atoms with Gasteiger partial charge in [-0.2, -0.15) is 0 Å². The van der Waals surface area contributed by atoms with Gasteiger partial charge in [0.05, 0.1) is 6.61 Å². The number of hydrogen-bond acceptors (Lipinski definition) is 5. The number of hydrogen-bond donors (Lipinski definition) is 0. The Labute approximate surface area is 155 Å². The fourth-order valence-electron chi connectivity index (χ4n) is 2.32. The monoisotopic (exact) mass is 372 g/mol. The van der Waals surface area contributed by atoms with Crippen LogP contribution in [0.4, 0.5) is 0 Å². The van der Waals surface area contributed by atoms with Crippen LogP contribution in [-0.4, -0.2) is 22.5 Å². The number of nitrogens with zero attached hydrogens (tertiary/aromatic N) is 2. The van der Waals surface area contributed by atoms with Gasteiger partial charge in [-0.1, -0.05) is 29.8 Å². The van der Waals surface area contributed by atoms with Crippen molar-refractivity contribution in [1.82, 2.24) is 9.97 Å². The maximum Gasteiger partial charge on any atom is 0.357 e. The van der Waals surface area contributed by atoms with Crippen molar-refractivity contribution in [2.24, 2.45) is 0 Å². The Balaban J connectivity index is 1.51. The molecule has 2 aromatic heterocycles. The smallest absolute Gasteiger partial charge is 0.357 e. The average Bonchev–Trinajstić information content (AvgIpc) is 3.09. The van der Waals surface area contributed by atoms with E-state index >= 15 is 0 Å². The number of rotatable bonds is 6. The number of carbonyl (C=O) groups excluding carboxylic acids is 1. The quantitative estimate of drug-likeness (QED) is 0.453. The predicted octanol–water partition coefficient (Wildman–Crippen LogP) is 4.96. The number of aryl methyl sites for hydroxylation is 2. The summed E-state index contributed by atoms with van der Waals surface area (Å²) in [5.74, 6) is -0.395. The van der Waals surface area contributed by atoms with Gasteiger partial charge >= 0.3 is 5.97 Å². The van der Waals surface area contributed by atoms with E-state index in [0.29, 0.717) is 17.3 Å². The minimum absolute atomic E-state index is 0.337. The number of halogens is 1. The molecule has 0 radical (unpaired) electrons. The summed E-state index contributed by atoms with van der Waals surface area (Å²) in [4.78, 5) is 20.9. The van der Waals surface area contributed by atoms with Gasteiger partial charge in [0.2, 0.25) is 0 Å². The lowest BCUT2D eigenvalue weighted by atomic mass is 10.2. The molecule has 3 rings (SSSR count). The van der Waals surface area contributed by atoms with Gasteiger partial charge < -0.3 is 4.74 Å². The first kappa shape index (κ1) is 17.6. The number of thiazole rings is 1. The summed E-state index contributed by atoms with van der Waals surface area (Å²) in [6.07, 6.45) is 1.51. The third-order valence-corrected chi connectivity index (χ3v) is 4.70. The fraction of sp³-hybridized carbons (Fsp3) is 0.211. The number of esters is 1.